The van der Waals surface area contributed by atoms with Gasteiger partial charge in [-0.25, -0.2) is 0 Å². The summed E-state index contributed by atoms with van der Waals surface area (Å²) in [7, 11) is 0. The lowest BCUT2D eigenvalue weighted by molar-refractivity contribution is -0.144. The number of carbonyl (C=O) groups excluding carboxylic acids is 2. The van der Waals surface area contributed by atoms with Gasteiger partial charge in [-0.2, -0.15) is 0 Å². The van der Waals surface area contributed by atoms with Gasteiger partial charge >= 0.3 is 11.9 Å². The van der Waals surface area contributed by atoms with Crippen molar-refractivity contribution in [1.29, 1.82) is 0 Å². The molecule has 0 aromatic rings. The zero-order valence-corrected chi connectivity index (χ0v) is 22.8. The van der Waals surface area contributed by atoms with Crippen molar-refractivity contribution in [2.45, 2.75) is 115 Å². The van der Waals surface area contributed by atoms with Gasteiger partial charge in [0.2, 0.25) is 0 Å². The lowest BCUT2D eigenvalue weighted by atomic mass is 9.57. The molecular formula is C30H43NO6. The quantitative estimate of drug-likeness (QED) is 0.389. The first kappa shape index (κ1) is 25.6. The van der Waals surface area contributed by atoms with E-state index in [-0.39, 0.29) is 35.9 Å². The first-order valence-corrected chi connectivity index (χ1v) is 14.4. The Bertz CT molecular complexity index is 1010. The van der Waals surface area contributed by atoms with Gasteiger partial charge in [0.1, 0.15) is 23.0 Å². The third-order valence-electron chi connectivity index (χ3n) is 11.3. The van der Waals surface area contributed by atoms with Gasteiger partial charge in [0.15, 0.2) is 12.2 Å². The minimum atomic E-state index is -1.25. The average Bonchev–Trinajstić information content (AvgIpc) is 3.23. The van der Waals surface area contributed by atoms with Crippen molar-refractivity contribution >= 4 is 11.9 Å². The van der Waals surface area contributed by atoms with Gasteiger partial charge in [0.25, 0.3) is 0 Å². The Kier molecular flexibility index (Phi) is 5.80. The normalized spacial score (nSPS) is 47.2. The van der Waals surface area contributed by atoms with E-state index in [2.05, 4.69) is 33.0 Å². The van der Waals surface area contributed by atoms with Crippen LogP contribution in [0.2, 0.25) is 0 Å². The molecule has 0 aromatic carbocycles. The Balaban J connectivity index is 1.18. The maximum atomic E-state index is 13.1. The van der Waals surface area contributed by atoms with Gasteiger partial charge in [-0.3, -0.25) is 9.59 Å². The summed E-state index contributed by atoms with van der Waals surface area (Å²) in [6.07, 6.45) is 7.89. The summed E-state index contributed by atoms with van der Waals surface area (Å²) >= 11 is 0. The number of rotatable bonds is 4. The van der Waals surface area contributed by atoms with E-state index in [4.69, 9.17) is 9.47 Å². The van der Waals surface area contributed by atoms with E-state index in [1.165, 1.54) is 11.1 Å². The van der Waals surface area contributed by atoms with Crippen molar-refractivity contribution in [3.8, 4) is 0 Å². The second-order valence-corrected chi connectivity index (χ2v) is 13.6. The summed E-state index contributed by atoms with van der Waals surface area (Å²) < 4.78 is 11.8. The van der Waals surface area contributed by atoms with Crippen molar-refractivity contribution in [2.75, 3.05) is 13.1 Å². The molecule has 0 spiro atoms. The Morgan fingerprint density at radius 3 is 1.54 bits per heavy atom. The first-order valence-electron chi connectivity index (χ1n) is 14.4. The Morgan fingerprint density at radius 2 is 1.14 bits per heavy atom. The van der Waals surface area contributed by atoms with Crippen LogP contribution in [-0.4, -0.2) is 58.7 Å². The molecule has 7 heteroatoms. The number of aliphatic hydroxyl groups is 2. The second kappa shape index (κ2) is 8.40. The molecule has 37 heavy (non-hydrogen) atoms. The topological polar surface area (TPSA) is 105 Å². The molecule has 2 heterocycles. The number of hydrogen-bond donors (Lipinski definition) is 3. The molecular weight excluding hydrogens is 470 g/mol. The fraction of sp³-hybridized carbons (Fsp3) is 0.800. The van der Waals surface area contributed by atoms with Crippen LogP contribution in [0.4, 0.5) is 0 Å². The molecule has 4 aliphatic carbocycles. The molecule has 2 aliphatic heterocycles. The van der Waals surface area contributed by atoms with Crippen LogP contribution < -0.4 is 5.32 Å². The van der Waals surface area contributed by atoms with Gasteiger partial charge in [0, 0.05) is 13.1 Å². The van der Waals surface area contributed by atoms with Crippen LogP contribution >= 0.6 is 0 Å². The first-order chi connectivity index (χ1) is 17.4. The minimum absolute atomic E-state index is 0.0187. The van der Waals surface area contributed by atoms with Crippen LogP contribution in [0.25, 0.3) is 0 Å². The largest absolute Gasteiger partial charge is 0.454 e. The maximum absolute atomic E-state index is 13.1. The van der Waals surface area contributed by atoms with Crippen LogP contribution in [-0.2, 0) is 19.1 Å². The highest BCUT2D eigenvalue weighted by Gasteiger charge is 2.65. The van der Waals surface area contributed by atoms with Crippen molar-refractivity contribution in [3.63, 3.8) is 0 Å². The summed E-state index contributed by atoms with van der Waals surface area (Å²) in [6.45, 7) is 9.12. The number of carbonyl (C=O) groups is 2. The Hall–Kier alpha value is -1.70. The number of allylic oxidation sites excluding steroid dienone is 2. The van der Waals surface area contributed by atoms with Crippen LogP contribution in [0.15, 0.2) is 22.3 Å². The summed E-state index contributed by atoms with van der Waals surface area (Å²) in [5.41, 5.74) is 2.22. The predicted molar refractivity (Wildman–Crippen MR) is 137 cm³/mol. The zero-order valence-electron chi connectivity index (χ0n) is 22.8. The van der Waals surface area contributed by atoms with E-state index >= 15 is 0 Å². The number of esters is 2. The number of ether oxygens (including phenoxy) is 2. The van der Waals surface area contributed by atoms with Crippen molar-refractivity contribution in [3.05, 3.63) is 22.3 Å². The van der Waals surface area contributed by atoms with Crippen molar-refractivity contribution in [1.82, 2.24) is 5.32 Å². The van der Waals surface area contributed by atoms with E-state index in [0.717, 1.165) is 62.5 Å². The van der Waals surface area contributed by atoms with E-state index in [1.54, 1.807) is 0 Å². The van der Waals surface area contributed by atoms with Crippen LogP contribution in [0.5, 0.6) is 0 Å². The molecule has 0 bridgehead atoms. The zero-order chi connectivity index (χ0) is 26.4. The summed E-state index contributed by atoms with van der Waals surface area (Å²) in [5.74, 6) is -2.16. The molecule has 8 atom stereocenters. The number of nitrogens with one attached hydrogen (secondary N) is 1. The van der Waals surface area contributed by atoms with E-state index in [0.29, 0.717) is 12.8 Å². The fourth-order valence-corrected chi connectivity index (χ4v) is 9.10. The van der Waals surface area contributed by atoms with Gasteiger partial charge < -0.3 is 25.0 Å². The van der Waals surface area contributed by atoms with Crippen molar-refractivity contribution in [2.24, 2.45) is 22.7 Å². The average molecular weight is 514 g/mol. The van der Waals surface area contributed by atoms with Gasteiger partial charge in [-0.1, -0.05) is 25.0 Å². The standard InChI is InChI=1S/C30H43NO6/c1-17-7-5-9-27(3)11-13-29(34)19(25(32)36-23(29)21(17)27)15-31-16-20-26(33)37-24-22-18(2)8-6-10-28(22,4)12-14-30(20,24)35/h19-20,23-24,31,34-35H,5-16H2,1-4H3/t19?,20?,23-,24+,27-,28-,29?,30?/m1/s1. The highest BCUT2D eigenvalue weighted by Crippen LogP contribution is 2.58. The lowest BCUT2D eigenvalue weighted by Crippen LogP contribution is -2.56. The molecule has 4 unspecified atom stereocenters. The fourth-order valence-electron chi connectivity index (χ4n) is 9.10. The maximum Gasteiger partial charge on any atom is 0.314 e. The highest BCUT2D eigenvalue weighted by atomic mass is 16.6. The number of hydrogen-bond acceptors (Lipinski definition) is 7. The Labute approximate surface area is 220 Å². The SMILES string of the molecule is CC1=C2[C@H]3OC(=O)C(CNCC4C(=O)O[C@H]5C6=C(C)CCC[C@]6(C)CCC45O)C3(O)CC[C@@]2(C)CCC1. The summed E-state index contributed by atoms with van der Waals surface area (Å²) in [4.78, 5) is 26.1. The monoisotopic (exact) mass is 513 g/mol. The molecule has 2 saturated carbocycles. The highest BCUT2D eigenvalue weighted by molar-refractivity contribution is 5.79. The summed E-state index contributed by atoms with van der Waals surface area (Å²) in [5, 5.41) is 26.9. The molecule has 6 aliphatic rings. The minimum Gasteiger partial charge on any atom is -0.454 e. The molecule has 2 saturated heterocycles. The molecule has 0 radical (unpaired) electrons. The van der Waals surface area contributed by atoms with Crippen LogP contribution in [0.3, 0.4) is 0 Å². The molecule has 6 rings (SSSR count). The van der Waals surface area contributed by atoms with Crippen molar-refractivity contribution < 1.29 is 29.3 Å². The van der Waals surface area contributed by atoms with Gasteiger partial charge in [-0.05, 0) is 100 Å². The summed E-state index contributed by atoms with van der Waals surface area (Å²) in [6, 6.07) is 0. The Morgan fingerprint density at radius 1 is 0.730 bits per heavy atom. The predicted octanol–water partition coefficient (Wildman–Crippen LogP) is 3.72. The third kappa shape index (κ3) is 3.56. The molecule has 4 fully saturated rings. The molecule has 3 N–H and O–H groups in total. The molecule has 204 valence electrons. The molecule has 0 aromatic heterocycles. The third-order valence-corrected chi connectivity index (χ3v) is 11.3. The van der Waals surface area contributed by atoms with Crippen LogP contribution in [0, 0.1) is 22.7 Å². The molecule has 7 nitrogen and oxygen atoms in total. The van der Waals surface area contributed by atoms with E-state index in [9.17, 15) is 19.8 Å². The van der Waals surface area contributed by atoms with E-state index < -0.39 is 35.2 Å². The van der Waals surface area contributed by atoms with Crippen LogP contribution in [0.1, 0.15) is 91.9 Å². The van der Waals surface area contributed by atoms with Gasteiger partial charge in [-0.15, -0.1) is 0 Å². The molecule has 0 amide bonds. The number of fused-ring (bicyclic) bond motifs is 6. The lowest BCUT2D eigenvalue weighted by Gasteiger charge is -2.49. The van der Waals surface area contributed by atoms with E-state index in [1.807, 2.05) is 0 Å². The second-order valence-electron chi connectivity index (χ2n) is 13.6. The van der Waals surface area contributed by atoms with Gasteiger partial charge in [0.05, 0.1) is 0 Å². The smallest absolute Gasteiger partial charge is 0.314 e.